The van der Waals surface area contributed by atoms with E-state index in [1.54, 1.807) is 6.20 Å². The second-order valence-corrected chi connectivity index (χ2v) is 2.60. The van der Waals surface area contributed by atoms with Crippen molar-refractivity contribution < 1.29 is 4.74 Å². The molecule has 0 radical (unpaired) electrons. The molecule has 0 saturated carbocycles. The summed E-state index contributed by atoms with van der Waals surface area (Å²) >= 11 is 3.30. The minimum Gasteiger partial charge on any atom is -0.493 e. The fourth-order valence-corrected chi connectivity index (χ4v) is 1.08. The van der Waals surface area contributed by atoms with Crippen molar-refractivity contribution in [3.05, 3.63) is 22.5 Å². The second-order valence-electron chi connectivity index (χ2n) is 1.75. The Morgan fingerprint density at radius 1 is 1.73 bits per heavy atom. The lowest BCUT2D eigenvalue weighted by atomic mass is 10.4. The first-order chi connectivity index (χ1) is 5.26. The summed E-state index contributed by atoms with van der Waals surface area (Å²) in [5.74, 6) is 0.792. The van der Waals surface area contributed by atoms with Crippen LogP contribution in [0.4, 0.5) is 0 Å². The molecule has 11 heavy (non-hydrogen) atoms. The molecule has 3 heteroatoms. The normalized spacial score (nSPS) is 13.0. The molecule has 0 N–H and O–H groups in total. The number of aliphatic imine (C=N–C) groups is 1. The molecule has 0 saturated heterocycles. The molecule has 0 aliphatic rings. The van der Waals surface area contributed by atoms with Gasteiger partial charge in [-0.3, -0.25) is 4.99 Å². The predicted octanol–water partition coefficient (Wildman–Crippen LogP) is 2.86. The molecule has 0 aliphatic carbocycles. The van der Waals surface area contributed by atoms with Crippen molar-refractivity contribution in [1.29, 1.82) is 0 Å². The van der Waals surface area contributed by atoms with Crippen LogP contribution in [0.25, 0.3) is 0 Å². The summed E-state index contributed by atoms with van der Waals surface area (Å²) in [5, 5.41) is 0. The summed E-state index contributed by atoms with van der Waals surface area (Å²) in [4.78, 5) is 3.61. The zero-order valence-electron chi connectivity index (χ0n) is 6.80. The van der Waals surface area contributed by atoms with E-state index < -0.39 is 0 Å². The van der Waals surface area contributed by atoms with E-state index in [1.807, 2.05) is 19.9 Å². The average Bonchev–Trinajstić information content (AvgIpc) is 2.00. The summed E-state index contributed by atoms with van der Waals surface area (Å²) in [7, 11) is 0. The molecule has 0 aromatic rings. The van der Waals surface area contributed by atoms with Crippen LogP contribution in [0.15, 0.2) is 27.5 Å². The van der Waals surface area contributed by atoms with Gasteiger partial charge in [0.15, 0.2) is 0 Å². The zero-order chi connectivity index (χ0) is 8.69. The molecule has 0 atom stereocenters. The van der Waals surface area contributed by atoms with E-state index in [0.717, 1.165) is 10.2 Å². The highest BCUT2D eigenvalue weighted by atomic mass is 79.9. The molecule has 2 nitrogen and oxygen atoms in total. The Morgan fingerprint density at radius 2 is 2.36 bits per heavy atom. The quantitative estimate of drug-likeness (QED) is 0.404. The Balaban J connectivity index is 4.26. The van der Waals surface area contributed by atoms with Crippen molar-refractivity contribution in [1.82, 2.24) is 0 Å². The van der Waals surface area contributed by atoms with E-state index >= 15 is 0 Å². The van der Waals surface area contributed by atoms with Gasteiger partial charge in [-0.25, -0.2) is 0 Å². The summed E-state index contributed by atoms with van der Waals surface area (Å²) in [6, 6.07) is 0. The smallest absolute Gasteiger partial charge is 0.130 e. The van der Waals surface area contributed by atoms with Crippen LogP contribution >= 0.6 is 15.9 Å². The van der Waals surface area contributed by atoms with Crippen molar-refractivity contribution in [3.8, 4) is 0 Å². The summed E-state index contributed by atoms with van der Waals surface area (Å²) < 4.78 is 6.08. The maximum atomic E-state index is 5.26. The minimum atomic E-state index is 0.653. The number of nitrogens with zero attached hydrogens (tertiary/aromatic N) is 1. The third-order valence-electron chi connectivity index (χ3n) is 1.00. The van der Waals surface area contributed by atoms with Crippen molar-refractivity contribution >= 4 is 22.6 Å². The highest BCUT2D eigenvalue weighted by molar-refractivity contribution is 9.11. The lowest BCUT2D eigenvalue weighted by Crippen LogP contribution is -1.90. The Bertz CT molecular complexity index is 185. The van der Waals surface area contributed by atoms with Crippen molar-refractivity contribution in [2.45, 2.75) is 13.8 Å². The lowest BCUT2D eigenvalue weighted by Gasteiger charge is -2.05. The molecule has 0 rings (SSSR count). The van der Waals surface area contributed by atoms with E-state index in [0.29, 0.717) is 6.61 Å². The van der Waals surface area contributed by atoms with Gasteiger partial charge in [-0.05, 0) is 42.6 Å². The SMILES string of the molecule is C=N/C=C(Br)\C(=C/C)OCC. The van der Waals surface area contributed by atoms with Gasteiger partial charge in [0.1, 0.15) is 5.76 Å². The second kappa shape index (κ2) is 6.16. The van der Waals surface area contributed by atoms with Gasteiger partial charge in [0, 0.05) is 6.20 Å². The van der Waals surface area contributed by atoms with Crippen LogP contribution in [0.3, 0.4) is 0 Å². The molecule has 0 amide bonds. The molecular formula is C8H12BrNO. The molecule has 0 bridgehead atoms. The summed E-state index contributed by atoms with van der Waals surface area (Å²) in [6.45, 7) is 7.83. The standard InChI is InChI=1S/C8H12BrNO/c1-4-8(11-5-2)7(9)6-10-3/h4,6H,3,5H2,1-2H3/b7-6+,8-4+. The predicted molar refractivity (Wildman–Crippen MR) is 51.9 cm³/mol. The molecule has 0 aromatic heterocycles. The Labute approximate surface area is 75.8 Å². The van der Waals surface area contributed by atoms with Crippen molar-refractivity contribution in [2.24, 2.45) is 4.99 Å². The van der Waals surface area contributed by atoms with Gasteiger partial charge < -0.3 is 4.74 Å². The molecule has 62 valence electrons. The molecule has 0 spiro atoms. The first kappa shape index (κ1) is 10.4. The Kier molecular flexibility index (Phi) is 5.84. The first-order valence-corrected chi connectivity index (χ1v) is 4.16. The largest absolute Gasteiger partial charge is 0.493 e. The monoisotopic (exact) mass is 217 g/mol. The van der Waals surface area contributed by atoms with Gasteiger partial charge >= 0.3 is 0 Å². The van der Waals surface area contributed by atoms with E-state index in [1.165, 1.54) is 0 Å². The maximum absolute atomic E-state index is 5.26. The van der Waals surface area contributed by atoms with E-state index in [-0.39, 0.29) is 0 Å². The van der Waals surface area contributed by atoms with Crippen LogP contribution in [-0.4, -0.2) is 13.3 Å². The third-order valence-corrected chi connectivity index (χ3v) is 1.60. The topological polar surface area (TPSA) is 21.6 Å². The summed E-state index contributed by atoms with van der Waals surface area (Å²) in [6.07, 6.45) is 3.47. The van der Waals surface area contributed by atoms with Gasteiger partial charge in [0.05, 0.1) is 11.1 Å². The third kappa shape index (κ3) is 3.98. The van der Waals surface area contributed by atoms with Gasteiger partial charge in [-0.1, -0.05) is 0 Å². The number of rotatable bonds is 4. The molecule has 0 aromatic carbocycles. The highest BCUT2D eigenvalue weighted by Gasteiger charge is 1.98. The van der Waals surface area contributed by atoms with Gasteiger partial charge in [0.2, 0.25) is 0 Å². The van der Waals surface area contributed by atoms with Gasteiger partial charge in [-0.15, -0.1) is 0 Å². The number of hydrogen-bond donors (Lipinski definition) is 0. The first-order valence-electron chi connectivity index (χ1n) is 3.37. The lowest BCUT2D eigenvalue weighted by molar-refractivity contribution is 0.241. The summed E-state index contributed by atoms with van der Waals surface area (Å²) in [5.41, 5.74) is 0. The number of hydrogen-bond acceptors (Lipinski definition) is 2. The molecule has 0 unspecified atom stereocenters. The minimum absolute atomic E-state index is 0.653. The molecule has 0 aliphatic heterocycles. The fraction of sp³-hybridized carbons (Fsp3) is 0.375. The van der Waals surface area contributed by atoms with Crippen molar-refractivity contribution in [3.63, 3.8) is 0 Å². The van der Waals surface area contributed by atoms with E-state index in [2.05, 4.69) is 27.6 Å². The maximum Gasteiger partial charge on any atom is 0.130 e. The number of allylic oxidation sites excluding steroid dienone is 2. The fourth-order valence-electron chi connectivity index (χ4n) is 0.589. The Hall–Kier alpha value is -0.570. The molecule has 0 heterocycles. The number of ether oxygens (including phenoxy) is 1. The Morgan fingerprint density at radius 3 is 2.73 bits per heavy atom. The van der Waals surface area contributed by atoms with Crippen LogP contribution in [0.2, 0.25) is 0 Å². The van der Waals surface area contributed by atoms with Gasteiger partial charge in [-0.2, -0.15) is 0 Å². The highest BCUT2D eigenvalue weighted by Crippen LogP contribution is 2.17. The van der Waals surface area contributed by atoms with E-state index in [9.17, 15) is 0 Å². The number of halogens is 1. The van der Waals surface area contributed by atoms with Crippen molar-refractivity contribution in [2.75, 3.05) is 6.61 Å². The van der Waals surface area contributed by atoms with Crippen LogP contribution in [0.5, 0.6) is 0 Å². The van der Waals surface area contributed by atoms with Crippen LogP contribution in [-0.2, 0) is 4.74 Å². The van der Waals surface area contributed by atoms with Crippen LogP contribution in [0, 0.1) is 0 Å². The van der Waals surface area contributed by atoms with Crippen LogP contribution in [0.1, 0.15) is 13.8 Å². The average molecular weight is 218 g/mol. The van der Waals surface area contributed by atoms with Crippen LogP contribution < -0.4 is 0 Å². The van der Waals surface area contributed by atoms with E-state index in [4.69, 9.17) is 4.74 Å². The zero-order valence-corrected chi connectivity index (χ0v) is 8.39. The van der Waals surface area contributed by atoms with Gasteiger partial charge in [0.25, 0.3) is 0 Å². The molecule has 0 fully saturated rings. The molecular weight excluding hydrogens is 206 g/mol.